The van der Waals surface area contributed by atoms with E-state index in [0.717, 1.165) is 13.0 Å². The second-order valence-electron chi connectivity index (χ2n) is 3.26. The number of piperidine rings is 1. The summed E-state index contributed by atoms with van der Waals surface area (Å²) >= 11 is 0. The molecule has 0 aliphatic carbocycles. The summed E-state index contributed by atoms with van der Waals surface area (Å²) in [5.41, 5.74) is 4.98. The summed E-state index contributed by atoms with van der Waals surface area (Å²) in [4.78, 5) is 12.4. The van der Waals surface area contributed by atoms with E-state index in [2.05, 4.69) is 0 Å². The Labute approximate surface area is 71.7 Å². The van der Waals surface area contributed by atoms with E-state index in [0.29, 0.717) is 25.9 Å². The van der Waals surface area contributed by atoms with Gasteiger partial charge in [-0.1, -0.05) is 0 Å². The van der Waals surface area contributed by atoms with Gasteiger partial charge >= 0.3 is 0 Å². The first-order valence-electron chi connectivity index (χ1n) is 4.33. The maximum Gasteiger partial charge on any atom is 0.218 e. The maximum absolute atomic E-state index is 12.8. The van der Waals surface area contributed by atoms with Gasteiger partial charge in [-0.25, -0.2) is 4.39 Å². The molecule has 12 heavy (non-hydrogen) atoms. The first-order valence-corrected chi connectivity index (χ1v) is 4.33. The van der Waals surface area contributed by atoms with Crippen LogP contribution in [0.4, 0.5) is 4.39 Å². The lowest BCUT2D eigenvalue weighted by molar-refractivity contribution is -0.118. The van der Waals surface area contributed by atoms with Crippen LogP contribution < -0.4 is 5.73 Å². The molecular formula is C8H15FN2O. The molecule has 0 spiro atoms. The minimum Gasteiger partial charge on any atom is -0.370 e. The molecule has 0 aromatic rings. The minimum absolute atomic E-state index is 0.309. The van der Waals surface area contributed by atoms with E-state index in [1.165, 1.54) is 0 Å². The van der Waals surface area contributed by atoms with Crippen molar-refractivity contribution in [3.05, 3.63) is 0 Å². The fraction of sp³-hybridized carbons (Fsp3) is 0.875. The van der Waals surface area contributed by atoms with Crippen molar-refractivity contribution < 1.29 is 9.18 Å². The van der Waals surface area contributed by atoms with Gasteiger partial charge in [0.05, 0.1) is 0 Å². The third-order valence-corrected chi connectivity index (χ3v) is 2.12. The van der Waals surface area contributed by atoms with Crippen LogP contribution >= 0.6 is 0 Å². The fourth-order valence-electron chi connectivity index (χ4n) is 1.47. The topological polar surface area (TPSA) is 46.3 Å². The molecule has 1 atom stereocenters. The van der Waals surface area contributed by atoms with Gasteiger partial charge in [-0.15, -0.1) is 0 Å². The zero-order valence-electron chi connectivity index (χ0n) is 7.13. The number of primary amides is 1. The number of carbonyl (C=O) groups is 1. The molecule has 0 aromatic carbocycles. The molecule has 1 aliphatic rings. The molecule has 1 rings (SSSR count). The van der Waals surface area contributed by atoms with Crippen molar-refractivity contribution in [2.45, 2.75) is 25.4 Å². The highest BCUT2D eigenvalue weighted by Crippen LogP contribution is 2.12. The Bertz CT molecular complexity index is 163. The number of nitrogens with two attached hydrogens (primary N) is 1. The molecule has 0 unspecified atom stereocenters. The SMILES string of the molecule is NC(=O)CCN1CCC[C@H](F)C1. The largest absolute Gasteiger partial charge is 0.370 e. The van der Waals surface area contributed by atoms with Crippen LogP contribution in [0.25, 0.3) is 0 Å². The molecule has 2 N–H and O–H groups in total. The summed E-state index contributed by atoms with van der Waals surface area (Å²) in [6, 6.07) is 0. The Balaban J connectivity index is 2.18. The van der Waals surface area contributed by atoms with Gasteiger partial charge in [0.15, 0.2) is 0 Å². The summed E-state index contributed by atoms with van der Waals surface area (Å²) < 4.78 is 12.8. The lowest BCUT2D eigenvalue weighted by atomic mass is 10.1. The van der Waals surface area contributed by atoms with E-state index < -0.39 is 6.17 Å². The van der Waals surface area contributed by atoms with Crippen molar-refractivity contribution in [1.82, 2.24) is 4.90 Å². The summed E-state index contributed by atoms with van der Waals surface area (Å²) in [7, 11) is 0. The minimum atomic E-state index is -0.716. The van der Waals surface area contributed by atoms with E-state index in [1.807, 2.05) is 4.90 Å². The van der Waals surface area contributed by atoms with Gasteiger partial charge in [0.25, 0.3) is 0 Å². The van der Waals surface area contributed by atoms with Crippen molar-refractivity contribution in [3.63, 3.8) is 0 Å². The molecule has 0 bridgehead atoms. The van der Waals surface area contributed by atoms with E-state index >= 15 is 0 Å². The van der Waals surface area contributed by atoms with Crippen LogP contribution in [0.2, 0.25) is 0 Å². The number of hydrogen-bond donors (Lipinski definition) is 1. The van der Waals surface area contributed by atoms with Crippen molar-refractivity contribution in [3.8, 4) is 0 Å². The number of nitrogens with zero attached hydrogens (tertiary/aromatic N) is 1. The summed E-state index contributed by atoms with van der Waals surface area (Å²) in [6.45, 7) is 1.97. The Kier molecular flexibility index (Phi) is 3.47. The molecule has 0 aromatic heterocycles. The molecule has 1 heterocycles. The molecule has 1 fully saturated rings. The third kappa shape index (κ3) is 3.17. The van der Waals surface area contributed by atoms with E-state index in [9.17, 15) is 9.18 Å². The van der Waals surface area contributed by atoms with Crippen LogP contribution in [0.1, 0.15) is 19.3 Å². The lowest BCUT2D eigenvalue weighted by Crippen LogP contribution is -2.38. The molecule has 1 amide bonds. The van der Waals surface area contributed by atoms with Crippen LogP contribution in [-0.2, 0) is 4.79 Å². The second-order valence-corrected chi connectivity index (χ2v) is 3.26. The average Bonchev–Trinajstić information content (AvgIpc) is 2.01. The zero-order valence-corrected chi connectivity index (χ0v) is 7.13. The first-order chi connectivity index (χ1) is 5.68. The summed E-state index contributed by atoms with van der Waals surface area (Å²) in [6.07, 6.45) is 1.17. The Hall–Kier alpha value is -0.640. The summed E-state index contributed by atoms with van der Waals surface area (Å²) in [5, 5.41) is 0. The Morgan fingerprint density at radius 3 is 3.00 bits per heavy atom. The van der Waals surface area contributed by atoms with Gasteiger partial charge < -0.3 is 5.73 Å². The highest BCUT2D eigenvalue weighted by Gasteiger charge is 2.18. The normalized spacial score (nSPS) is 25.6. The van der Waals surface area contributed by atoms with Crippen molar-refractivity contribution in [2.24, 2.45) is 5.73 Å². The predicted octanol–water partition coefficient (Wildman–Crippen LogP) is 0.296. The molecule has 4 heteroatoms. The van der Waals surface area contributed by atoms with Crippen molar-refractivity contribution >= 4 is 5.91 Å². The van der Waals surface area contributed by atoms with Gasteiger partial charge in [0.2, 0.25) is 5.91 Å². The monoisotopic (exact) mass is 174 g/mol. The number of halogens is 1. The van der Waals surface area contributed by atoms with E-state index in [4.69, 9.17) is 5.73 Å². The van der Waals surface area contributed by atoms with E-state index in [-0.39, 0.29) is 5.91 Å². The Morgan fingerprint density at radius 2 is 2.42 bits per heavy atom. The van der Waals surface area contributed by atoms with Crippen LogP contribution in [0.15, 0.2) is 0 Å². The van der Waals surface area contributed by atoms with Crippen molar-refractivity contribution in [2.75, 3.05) is 19.6 Å². The predicted molar refractivity (Wildman–Crippen MR) is 44.4 cm³/mol. The van der Waals surface area contributed by atoms with Gasteiger partial charge in [-0.2, -0.15) is 0 Å². The Morgan fingerprint density at radius 1 is 1.67 bits per heavy atom. The maximum atomic E-state index is 12.8. The molecule has 1 saturated heterocycles. The van der Waals surface area contributed by atoms with E-state index in [1.54, 1.807) is 0 Å². The highest BCUT2D eigenvalue weighted by atomic mass is 19.1. The van der Waals surface area contributed by atoms with Gasteiger partial charge in [0, 0.05) is 19.5 Å². The average molecular weight is 174 g/mol. The number of rotatable bonds is 3. The number of likely N-dealkylation sites (tertiary alicyclic amines) is 1. The highest BCUT2D eigenvalue weighted by molar-refractivity contribution is 5.73. The first kappa shape index (κ1) is 9.45. The molecule has 1 aliphatic heterocycles. The van der Waals surface area contributed by atoms with Gasteiger partial charge in [-0.05, 0) is 19.4 Å². The second kappa shape index (κ2) is 4.40. The molecule has 0 radical (unpaired) electrons. The smallest absolute Gasteiger partial charge is 0.218 e. The van der Waals surface area contributed by atoms with Crippen LogP contribution in [-0.4, -0.2) is 36.6 Å². The number of carbonyl (C=O) groups excluding carboxylic acids is 1. The molecule has 0 saturated carbocycles. The standard InChI is InChI=1S/C8H15FN2O/c9-7-2-1-4-11(6-7)5-3-8(10)12/h7H,1-6H2,(H2,10,12)/t7-/m0/s1. The molecule has 3 nitrogen and oxygen atoms in total. The number of alkyl halides is 1. The molecular weight excluding hydrogens is 159 g/mol. The van der Waals surface area contributed by atoms with Gasteiger partial charge in [-0.3, -0.25) is 9.69 Å². The number of hydrogen-bond acceptors (Lipinski definition) is 2. The fourth-order valence-corrected chi connectivity index (χ4v) is 1.47. The van der Waals surface area contributed by atoms with Crippen LogP contribution in [0, 0.1) is 0 Å². The molecule has 70 valence electrons. The quantitative estimate of drug-likeness (QED) is 0.668. The van der Waals surface area contributed by atoms with Crippen LogP contribution in [0.3, 0.4) is 0 Å². The van der Waals surface area contributed by atoms with Crippen molar-refractivity contribution in [1.29, 1.82) is 0 Å². The summed E-state index contributed by atoms with van der Waals surface area (Å²) in [5.74, 6) is -0.309. The third-order valence-electron chi connectivity index (χ3n) is 2.12. The van der Waals surface area contributed by atoms with Crippen LogP contribution in [0.5, 0.6) is 0 Å². The lowest BCUT2D eigenvalue weighted by Gasteiger charge is -2.28. The zero-order chi connectivity index (χ0) is 8.97. The van der Waals surface area contributed by atoms with Gasteiger partial charge in [0.1, 0.15) is 6.17 Å². The number of amides is 1.